The fourth-order valence-corrected chi connectivity index (χ4v) is 2.72. The van der Waals surface area contributed by atoms with Crippen molar-refractivity contribution in [2.75, 3.05) is 6.61 Å². The van der Waals surface area contributed by atoms with E-state index in [0.29, 0.717) is 6.42 Å². The lowest BCUT2D eigenvalue weighted by atomic mass is 10.0. The Bertz CT molecular complexity index is 427. The summed E-state index contributed by atoms with van der Waals surface area (Å²) in [5.41, 5.74) is 0. The summed E-state index contributed by atoms with van der Waals surface area (Å²) in [5, 5.41) is 17.9. The number of aliphatic hydroxyl groups excluding tert-OH is 2. The highest BCUT2D eigenvalue weighted by Gasteiger charge is 2.21. The van der Waals surface area contributed by atoms with Gasteiger partial charge in [0.05, 0.1) is 0 Å². The normalized spacial score (nSPS) is 12.2. The van der Waals surface area contributed by atoms with Crippen LogP contribution in [0.1, 0.15) is 96.8 Å². The van der Waals surface area contributed by atoms with Gasteiger partial charge in [-0.25, -0.2) is 4.57 Å². The third-order valence-electron chi connectivity index (χ3n) is 4.29. The lowest BCUT2D eigenvalue weighted by Crippen LogP contribution is -2.31. The van der Waals surface area contributed by atoms with Crippen LogP contribution in [0.15, 0.2) is 0 Å². The number of Topliss-reactive ketones (excluding diaryl/α,β-unsaturated/α-hetero) is 2. The Balaban J connectivity index is 0. The molecule has 1 unspecified atom stereocenters. The van der Waals surface area contributed by atoms with Crippen molar-refractivity contribution in [3.8, 4) is 0 Å². The first-order chi connectivity index (χ1) is 13.1. The number of aliphatic hydroxyl groups is 2. The van der Waals surface area contributed by atoms with Gasteiger partial charge in [0.25, 0.3) is 0 Å². The summed E-state index contributed by atoms with van der Waals surface area (Å²) in [5.74, 6) is -1.27. The van der Waals surface area contributed by atoms with Gasteiger partial charge in [0, 0.05) is 6.42 Å². The Morgan fingerprint density at radius 2 is 1.04 bits per heavy atom. The van der Waals surface area contributed by atoms with Crippen LogP contribution in [0.5, 0.6) is 0 Å². The van der Waals surface area contributed by atoms with Gasteiger partial charge in [-0.3, -0.25) is 9.59 Å². The van der Waals surface area contributed by atoms with Gasteiger partial charge >= 0.3 is 7.82 Å². The molecule has 0 heterocycles. The van der Waals surface area contributed by atoms with Crippen LogP contribution in [0.4, 0.5) is 0 Å². The van der Waals surface area contributed by atoms with E-state index in [1.807, 2.05) is 0 Å². The van der Waals surface area contributed by atoms with Crippen molar-refractivity contribution in [3.05, 3.63) is 0 Å². The zero-order chi connectivity index (χ0) is 21.8. The monoisotopic (exact) mass is 426 g/mol. The molecular weight excluding hydrogens is 387 g/mol. The molecule has 8 nitrogen and oxygen atoms in total. The number of phosphoric acid groups is 1. The van der Waals surface area contributed by atoms with E-state index in [0.717, 1.165) is 12.8 Å². The average molecular weight is 426 g/mol. The summed E-state index contributed by atoms with van der Waals surface area (Å²) < 4.78 is 8.88. The summed E-state index contributed by atoms with van der Waals surface area (Å²) in [6.07, 6.45) is 14.6. The molecule has 0 aliphatic rings. The van der Waals surface area contributed by atoms with Gasteiger partial charge in [0.1, 0.15) is 6.61 Å². The third-order valence-corrected chi connectivity index (χ3v) is 4.29. The van der Waals surface area contributed by atoms with Crippen LogP contribution in [-0.2, 0) is 14.2 Å². The Labute approximate surface area is 168 Å². The Kier molecular flexibility index (Phi) is 20.8. The van der Waals surface area contributed by atoms with E-state index in [4.69, 9.17) is 24.4 Å². The van der Waals surface area contributed by atoms with Crippen LogP contribution in [0.2, 0.25) is 0 Å². The van der Waals surface area contributed by atoms with Gasteiger partial charge < -0.3 is 24.9 Å². The van der Waals surface area contributed by atoms with Crippen molar-refractivity contribution in [2.24, 2.45) is 0 Å². The molecule has 0 rings (SSSR count). The van der Waals surface area contributed by atoms with Crippen LogP contribution in [0.3, 0.4) is 0 Å². The molecule has 0 aromatic heterocycles. The quantitative estimate of drug-likeness (QED) is 0.135. The second-order valence-corrected chi connectivity index (χ2v) is 8.03. The molecule has 0 radical (unpaired) electrons. The predicted octanol–water partition coefficient (Wildman–Crippen LogP) is 3.03. The van der Waals surface area contributed by atoms with E-state index < -0.39 is 32.1 Å². The Morgan fingerprint density at radius 1 is 0.714 bits per heavy atom. The van der Waals surface area contributed by atoms with Crippen LogP contribution < -0.4 is 0 Å². The first kappa shape index (κ1) is 29.6. The summed E-state index contributed by atoms with van der Waals surface area (Å²) in [6.45, 7) is 1.47. The minimum atomic E-state index is -4.64. The standard InChI is InChI=1S/C19H36O4.H3O4P/c1-2-3-4-5-6-7-8-9-10-11-12-13-14-15-17(21)19(23)18(22)16-20;1-5(2,3)4/h19-20,23H,2-16H2,1H3;(H3,1,2,3,4). The smallest absolute Gasteiger partial charge is 0.388 e. The largest absolute Gasteiger partial charge is 0.466 e. The maximum absolute atomic E-state index is 11.5. The summed E-state index contributed by atoms with van der Waals surface area (Å²) in [4.78, 5) is 44.0. The molecule has 168 valence electrons. The number of hydrogen-bond acceptors (Lipinski definition) is 5. The highest BCUT2D eigenvalue weighted by Crippen LogP contribution is 2.25. The van der Waals surface area contributed by atoms with E-state index in [1.165, 1.54) is 64.2 Å². The molecule has 0 fully saturated rings. The summed E-state index contributed by atoms with van der Waals surface area (Å²) in [7, 11) is -4.64. The lowest BCUT2D eigenvalue weighted by molar-refractivity contribution is -0.140. The fourth-order valence-electron chi connectivity index (χ4n) is 2.72. The van der Waals surface area contributed by atoms with E-state index in [2.05, 4.69) is 6.92 Å². The molecule has 0 bridgehead atoms. The zero-order valence-electron chi connectivity index (χ0n) is 17.1. The second kappa shape index (κ2) is 19.7. The van der Waals surface area contributed by atoms with Crippen molar-refractivity contribution in [1.29, 1.82) is 0 Å². The first-order valence-corrected chi connectivity index (χ1v) is 11.8. The van der Waals surface area contributed by atoms with Gasteiger partial charge in [-0.15, -0.1) is 0 Å². The molecule has 28 heavy (non-hydrogen) atoms. The van der Waals surface area contributed by atoms with Gasteiger partial charge in [-0.2, -0.15) is 0 Å². The van der Waals surface area contributed by atoms with E-state index in [9.17, 15) is 14.7 Å². The number of hydrogen-bond donors (Lipinski definition) is 5. The highest BCUT2D eigenvalue weighted by molar-refractivity contribution is 7.45. The van der Waals surface area contributed by atoms with Crippen molar-refractivity contribution in [1.82, 2.24) is 0 Å². The predicted molar refractivity (Wildman–Crippen MR) is 108 cm³/mol. The first-order valence-electron chi connectivity index (χ1n) is 10.3. The number of unbranched alkanes of at least 4 members (excludes halogenated alkanes) is 12. The summed E-state index contributed by atoms with van der Waals surface area (Å²) >= 11 is 0. The maximum atomic E-state index is 11.5. The SMILES string of the molecule is CCCCCCCCCCCCCCCC(=O)C(O)C(=O)CO.O=P(O)(O)O. The van der Waals surface area contributed by atoms with Crippen LogP contribution in [-0.4, -0.2) is 49.2 Å². The zero-order valence-corrected chi connectivity index (χ0v) is 18.0. The topological polar surface area (TPSA) is 152 Å². The molecule has 5 N–H and O–H groups in total. The summed E-state index contributed by atoms with van der Waals surface area (Å²) in [6, 6.07) is 0. The molecule has 0 aromatic carbocycles. The van der Waals surface area contributed by atoms with Crippen LogP contribution in [0.25, 0.3) is 0 Å². The third kappa shape index (κ3) is 25.4. The lowest BCUT2D eigenvalue weighted by Gasteiger charge is -2.06. The molecule has 0 amide bonds. The Morgan fingerprint density at radius 3 is 1.36 bits per heavy atom. The van der Waals surface area contributed by atoms with E-state index in [-0.39, 0.29) is 6.42 Å². The average Bonchev–Trinajstić information content (AvgIpc) is 2.62. The molecule has 0 spiro atoms. The van der Waals surface area contributed by atoms with Crippen molar-refractivity contribution < 1.29 is 39.0 Å². The Hall–Kier alpha value is -0.630. The van der Waals surface area contributed by atoms with Crippen molar-refractivity contribution >= 4 is 19.4 Å². The van der Waals surface area contributed by atoms with Gasteiger partial charge in [0.15, 0.2) is 17.7 Å². The number of ketones is 2. The van der Waals surface area contributed by atoms with E-state index in [1.54, 1.807) is 0 Å². The number of rotatable bonds is 17. The molecule has 9 heteroatoms. The fraction of sp³-hybridized carbons (Fsp3) is 0.895. The molecule has 0 saturated carbocycles. The van der Waals surface area contributed by atoms with Gasteiger partial charge in [-0.05, 0) is 6.42 Å². The highest BCUT2D eigenvalue weighted by atomic mass is 31.2. The minimum absolute atomic E-state index is 0.227. The molecule has 0 aliphatic carbocycles. The molecular formula is C19H39O8P. The van der Waals surface area contributed by atoms with Crippen molar-refractivity contribution in [2.45, 2.75) is 103 Å². The van der Waals surface area contributed by atoms with Crippen LogP contribution >= 0.6 is 7.82 Å². The van der Waals surface area contributed by atoms with Gasteiger partial charge in [0.2, 0.25) is 0 Å². The maximum Gasteiger partial charge on any atom is 0.466 e. The molecule has 0 aliphatic heterocycles. The minimum Gasteiger partial charge on any atom is -0.388 e. The van der Waals surface area contributed by atoms with Crippen molar-refractivity contribution in [3.63, 3.8) is 0 Å². The molecule has 0 aromatic rings. The number of carbonyl (C=O) groups is 2. The molecule has 0 saturated heterocycles. The van der Waals surface area contributed by atoms with Crippen LogP contribution in [0, 0.1) is 0 Å². The second-order valence-electron chi connectivity index (χ2n) is 7.00. The molecule has 1 atom stereocenters. The number of carbonyl (C=O) groups excluding carboxylic acids is 2. The van der Waals surface area contributed by atoms with E-state index >= 15 is 0 Å². The van der Waals surface area contributed by atoms with Gasteiger partial charge in [-0.1, -0.05) is 84.0 Å².